The zero-order valence-electron chi connectivity index (χ0n) is 19.3. The Morgan fingerprint density at radius 1 is 0.844 bits per heavy atom. The molecule has 7 nitrogen and oxygen atoms in total. The highest BCUT2D eigenvalue weighted by molar-refractivity contribution is 5.79. The van der Waals surface area contributed by atoms with Crippen molar-refractivity contribution >= 4 is 11.9 Å². The van der Waals surface area contributed by atoms with E-state index in [1.807, 2.05) is 44.2 Å². The maximum absolute atomic E-state index is 11.5. The molecule has 0 aliphatic carbocycles. The lowest BCUT2D eigenvalue weighted by atomic mass is 9.99. The summed E-state index contributed by atoms with van der Waals surface area (Å²) in [7, 11) is 2.69. The van der Waals surface area contributed by atoms with E-state index in [-0.39, 0.29) is 19.0 Å². The molecule has 176 valence electrons. The zero-order chi connectivity index (χ0) is 23.8. The molecule has 0 aromatic heterocycles. The van der Waals surface area contributed by atoms with Crippen molar-refractivity contribution < 1.29 is 33.6 Å². The summed E-state index contributed by atoms with van der Waals surface area (Å²) in [5, 5.41) is 9.27. The first-order valence-electron chi connectivity index (χ1n) is 10.7. The van der Waals surface area contributed by atoms with Gasteiger partial charge in [0.15, 0.2) is 0 Å². The Morgan fingerprint density at radius 2 is 1.41 bits per heavy atom. The van der Waals surface area contributed by atoms with E-state index in [0.29, 0.717) is 24.5 Å². The molecule has 2 aromatic rings. The van der Waals surface area contributed by atoms with Crippen molar-refractivity contribution in [3.63, 3.8) is 0 Å². The number of ether oxygens (including phenoxy) is 4. The number of methoxy groups -OCH3 is 2. The number of carbonyl (C=O) groups excluding carboxylic acids is 2. The van der Waals surface area contributed by atoms with Gasteiger partial charge < -0.3 is 24.1 Å². The van der Waals surface area contributed by atoms with Gasteiger partial charge in [-0.2, -0.15) is 0 Å². The molecule has 0 radical (unpaired) electrons. The van der Waals surface area contributed by atoms with E-state index in [1.165, 1.54) is 14.2 Å². The molecule has 1 N–H and O–H groups in total. The summed E-state index contributed by atoms with van der Waals surface area (Å²) in [5.74, 6) is -0.000738. The van der Waals surface area contributed by atoms with Gasteiger partial charge in [0.1, 0.15) is 17.4 Å². The molecule has 0 saturated heterocycles. The number of aliphatic hydroxyl groups is 1. The van der Waals surface area contributed by atoms with Gasteiger partial charge in [-0.3, -0.25) is 9.59 Å². The standard InChI is InChI=1S/C13H18O4.C12H16O3/c1-3-8-17-12-7-5-4-6-10(12)11(9-14)13(15)16-2;1-3-8-15-11-7-5-4-6-10(11)9-12(13)14-2/h4-7,11,14H,3,8-9H2,1-2H3;4-7H,3,8-9H2,1-2H3. The first-order valence-corrected chi connectivity index (χ1v) is 10.7. The van der Waals surface area contributed by atoms with E-state index in [9.17, 15) is 14.7 Å². The van der Waals surface area contributed by atoms with Gasteiger partial charge in [-0.1, -0.05) is 50.2 Å². The lowest BCUT2D eigenvalue weighted by molar-refractivity contribution is -0.143. The van der Waals surface area contributed by atoms with E-state index >= 15 is 0 Å². The van der Waals surface area contributed by atoms with Crippen molar-refractivity contribution in [2.24, 2.45) is 0 Å². The molecule has 0 bridgehead atoms. The van der Waals surface area contributed by atoms with E-state index < -0.39 is 11.9 Å². The van der Waals surface area contributed by atoms with Gasteiger partial charge in [0, 0.05) is 11.1 Å². The highest BCUT2D eigenvalue weighted by atomic mass is 16.5. The van der Waals surface area contributed by atoms with Crippen LogP contribution in [0.3, 0.4) is 0 Å². The van der Waals surface area contributed by atoms with E-state index in [2.05, 4.69) is 9.47 Å². The van der Waals surface area contributed by atoms with Crippen LogP contribution < -0.4 is 9.47 Å². The second-order valence-corrected chi connectivity index (χ2v) is 6.85. The average Bonchev–Trinajstić information content (AvgIpc) is 2.83. The van der Waals surface area contributed by atoms with Gasteiger partial charge >= 0.3 is 11.9 Å². The second kappa shape index (κ2) is 15.7. The molecule has 1 unspecified atom stereocenters. The summed E-state index contributed by atoms with van der Waals surface area (Å²) in [6, 6.07) is 14.7. The van der Waals surface area contributed by atoms with E-state index in [0.717, 1.165) is 24.2 Å². The van der Waals surface area contributed by atoms with Gasteiger partial charge in [-0.25, -0.2) is 0 Å². The molecular weight excluding hydrogens is 412 g/mol. The third kappa shape index (κ3) is 8.98. The van der Waals surface area contributed by atoms with Crippen LogP contribution >= 0.6 is 0 Å². The molecule has 7 heteroatoms. The first kappa shape index (κ1) is 27.0. The Kier molecular flexibility index (Phi) is 13.2. The fourth-order valence-corrected chi connectivity index (χ4v) is 2.78. The van der Waals surface area contributed by atoms with Crippen molar-refractivity contribution in [3.8, 4) is 11.5 Å². The highest BCUT2D eigenvalue weighted by Gasteiger charge is 2.23. The van der Waals surface area contributed by atoms with Crippen LogP contribution in [0, 0.1) is 0 Å². The summed E-state index contributed by atoms with van der Waals surface area (Å²) < 4.78 is 20.4. The number of rotatable bonds is 11. The topological polar surface area (TPSA) is 91.3 Å². The van der Waals surface area contributed by atoms with Crippen molar-refractivity contribution in [2.45, 2.75) is 39.0 Å². The first-order chi connectivity index (χ1) is 15.5. The third-order valence-corrected chi connectivity index (χ3v) is 4.42. The number of hydrogen-bond donors (Lipinski definition) is 1. The van der Waals surface area contributed by atoms with E-state index in [1.54, 1.807) is 18.2 Å². The van der Waals surface area contributed by atoms with Crippen molar-refractivity contribution in [1.82, 2.24) is 0 Å². The Balaban J connectivity index is 0.000000323. The highest BCUT2D eigenvalue weighted by Crippen LogP contribution is 2.27. The van der Waals surface area contributed by atoms with Gasteiger partial charge in [-0.05, 0) is 25.0 Å². The molecule has 2 aromatic carbocycles. The van der Waals surface area contributed by atoms with Gasteiger partial charge in [0.25, 0.3) is 0 Å². The summed E-state index contributed by atoms with van der Waals surface area (Å²) in [6.07, 6.45) is 2.10. The number of carbonyl (C=O) groups is 2. The molecule has 0 aliphatic rings. The Morgan fingerprint density at radius 3 is 1.97 bits per heavy atom. The summed E-state index contributed by atoms with van der Waals surface area (Å²) in [6.45, 7) is 5.00. The normalized spacial score (nSPS) is 10.9. The average molecular weight is 447 g/mol. The van der Waals surface area contributed by atoms with Crippen LogP contribution in [0.25, 0.3) is 0 Å². The maximum atomic E-state index is 11.5. The van der Waals surface area contributed by atoms with Crippen molar-refractivity contribution in [1.29, 1.82) is 0 Å². The molecule has 0 spiro atoms. The summed E-state index contributed by atoms with van der Waals surface area (Å²) in [5.41, 5.74) is 1.54. The van der Waals surface area contributed by atoms with E-state index in [4.69, 9.17) is 9.47 Å². The molecule has 1 atom stereocenters. The predicted molar refractivity (Wildman–Crippen MR) is 122 cm³/mol. The zero-order valence-corrected chi connectivity index (χ0v) is 19.3. The van der Waals surface area contributed by atoms with Crippen LogP contribution in [0.1, 0.15) is 43.7 Å². The Labute approximate surface area is 190 Å². The monoisotopic (exact) mass is 446 g/mol. The Hall–Kier alpha value is -3.06. The number of para-hydroxylation sites is 2. The van der Waals surface area contributed by atoms with Gasteiger partial charge in [0.2, 0.25) is 0 Å². The minimum Gasteiger partial charge on any atom is -0.493 e. The molecule has 2 rings (SSSR count). The molecule has 32 heavy (non-hydrogen) atoms. The lowest BCUT2D eigenvalue weighted by Crippen LogP contribution is -2.18. The number of aliphatic hydroxyl groups excluding tert-OH is 1. The van der Waals surface area contributed by atoms with Crippen LogP contribution in [0.2, 0.25) is 0 Å². The lowest BCUT2D eigenvalue weighted by Gasteiger charge is -2.16. The SMILES string of the molecule is CCCOc1ccccc1C(CO)C(=O)OC.CCCOc1ccccc1CC(=O)OC. The number of esters is 2. The molecule has 0 saturated carbocycles. The predicted octanol–water partition coefficient (Wildman–Crippen LogP) is 3.92. The molecular formula is C25H34O7. The number of hydrogen-bond acceptors (Lipinski definition) is 7. The maximum Gasteiger partial charge on any atom is 0.315 e. The largest absolute Gasteiger partial charge is 0.493 e. The number of benzene rings is 2. The minimum absolute atomic E-state index is 0.248. The molecule has 0 fully saturated rings. The van der Waals surface area contributed by atoms with Crippen molar-refractivity contribution in [2.75, 3.05) is 34.0 Å². The van der Waals surface area contributed by atoms with Gasteiger partial charge in [0.05, 0.1) is 40.5 Å². The molecule has 0 heterocycles. The fraction of sp³-hybridized carbons (Fsp3) is 0.440. The van der Waals surface area contributed by atoms with Crippen LogP contribution in [0.15, 0.2) is 48.5 Å². The van der Waals surface area contributed by atoms with Crippen LogP contribution in [-0.2, 0) is 25.5 Å². The minimum atomic E-state index is -0.687. The quantitative estimate of drug-likeness (QED) is 0.523. The van der Waals surface area contributed by atoms with Crippen molar-refractivity contribution in [3.05, 3.63) is 59.7 Å². The second-order valence-electron chi connectivity index (χ2n) is 6.85. The molecule has 0 aliphatic heterocycles. The van der Waals surface area contributed by atoms with Gasteiger partial charge in [-0.15, -0.1) is 0 Å². The third-order valence-electron chi connectivity index (χ3n) is 4.42. The smallest absolute Gasteiger partial charge is 0.315 e. The summed E-state index contributed by atoms with van der Waals surface area (Å²) in [4.78, 5) is 22.7. The van der Waals surface area contributed by atoms with Crippen LogP contribution in [0.4, 0.5) is 0 Å². The van der Waals surface area contributed by atoms with Crippen LogP contribution in [-0.4, -0.2) is 51.1 Å². The van der Waals surface area contributed by atoms with Crippen LogP contribution in [0.5, 0.6) is 11.5 Å². The fourth-order valence-electron chi connectivity index (χ4n) is 2.78. The summed E-state index contributed by atoms with van der Waals surface area (Å²) >= 11 is 0. The molecule has 0 amide bonds. The Bertz CT molecular complexity index is 819.